The number of rotatable bonds is 3. The highest BCUT2D eigenvalue weighted by Crippen LogP contribution is 2.27. The third-order valence-corrected chi connectivity index (χ3v) is 2.55. The number of carbonyl (C=O) groups excluding carboxylic acids is 1. The molecule has 0 saturated heterocycles. The Morgan fingerprint density at radius 2 is 1.53 bits per heavy atom. The van der Waals surface area contributed by atoms with Crippen LogP contribution in [-0.2, 0) is 0 Å². The third-order valence-electron chi connectivity index (χ3n) is 2.55. The van der Waals surface area contributed by atoms with Gasteiger partial charge in [-0.1, -0.05) is 20.8 Å². The minimum atomic E-state index is -0.751. The first-order chi connectivity index (χ1) is 8.48. The van der Waals surface area contributed by atoms with Crippen molar-refractivity contribution in [3.63, 3.8) is 0 Å². The van der Waals surface area contributed by atoms with E-state index in [2.05, 4.69) is 26.1 Å². The fourth-order valence-electron chi connectivity index (χ4n) is 2.43. The Kier molecular flexibility index (Phi) is 4.33. The van der Waals surface area contributed by atoms with Crippen LogP contribution in [-0.4, -0.2) is 11.4 Å². The summed E-state index contributed by atoms with van der Waals surface area (Å²) in [6, 6.07) is 2.81. The van der Waals surface area contributed by atoms with Gasteiger partial charge in [-0.2, -0.15) is 0 Å². The smallest absolute Gasteiger partial charge is 0.251 e. The summed E-state index contributed by atoms with van der Waals surface area (Å²) < 4.78 is 26.1. The molecule has 0 unspecified atom stereocenters. The number of halogens is 2. The van der Waals surface area contributed by atoms with Gasteiger partial charge in [-0.15, -0.1) is 0 Å². The van der Waals surface area contributed by atoms with Gasteiger partial charge >= 0.3 is 0 Å². The SMILES string of the molecule is CC(C)(C)CC(C)(C)NC(=O)c1cc(F)cc(F)c1. The molecular formula is C15H21F2NO. The molecule has 0 atom stereocenters. The van der Waals surface area contributed by atoms with Gasteiger partial charge in [-0.3, -0.25) is 4.79 Å². The number of hydrogen-bond donors (Lipinski definition) is 1. The van der Waals surface area contributed by atoms with E-state index in [9.17, 15) is 13.6 Å². The molecule has 0 saturated carbocycles. The maximum Gasteiger partial charge on any atom is 0.251 e. The van der Waals surface area contributed by atoms with Gasteiger partial charge in [0.2, 0.25) is 0 Å². The van der Waals surface area contributed by atoms with Crippen molar-refractivity contribution in [2.75, 3.05) is 0 Å². The van der Waals surface area contributed by atoms with Crippen LogP contribution in [0.2, 0.25) is 0 Å². The van der Waals surface area contributed by atoms with Crippen molar-refractivity contribution in [1.29, 1.82) is 0 Å². The second kappa shape index (κ2) is 5.27. The first kappa shape index (κ1) is 15.6. The molecule has 4 heteroatoms. The molecule has 0 aromatic heterocycles. The summed E-state index contributed by atoms with van der Waals surface area (Å²) in [5.74, 6) is -1.97. The van der Waals surface area contributed by atoms with Crippen LogP contribution in [0.5, 0.6) is 0 Å². The zero-order valence-electron chi connectivity index (χ0n) is 12.1. The molecule has 2 nitrogen and oxygen atoms in total. The fraction of sp³-hybridized carbons (Fsp3) is 0.533. The van der Waals surface area contributed by atoms with Crippen LogP contribution in [0.15, 0.2) is 18.2 Å². The molecule has 0 spiro atoms. The molecule has 0 aliphatic heterocycles. The Hall–Kier alpha value is -1.45. The highest BCUT2D eigenvalue weighted by molar-refractivity contribution is 5.94. The predicted octanol–water partition coefficient (Wildman–Crippen LogP) is 3.91. The molecule has 0 radical (unpaired) electrons. The van der Waals surface area contributed by atoms with Gasteiger partial charge in [0.15, 0.2) is 0 Å². The van der Waals surface area contributed by atoms with E-state index in [0.717, 1.165) is 24.6 Å². The quantitative estimate of drug-likeness (QED) is 0.885. The minimum Gasteiger partial charge on any atom is -0.347 e. The van der Waals surface area contributed by atoms with Crippen LogP contribution in [0.3, 0.4) is 0 Å². The number of nitrogens with one attached hydrogen (secondary N) is 1. The Bertz CT molecular complexity index is 455. The van der Waals surface area contributed by atoms with Gasteiger partial charge in [0, 0.05) is 17.2 Å². The lowest BCUT2D eigenvalue weighted by Gasteiger charge is -2.33. The average molecular weight is 269 g/mol. The van der Waals surface area contributed by atoms with Crippen LogP contribution >= 0.6 is 0 Å². The average Bonchev–Trinajstić information content (AvgIpc) is 2.10. The zero-order chi connectivity index (χ0) is 14.8. The normalized spacial score (nSPS) is 12.4. The van der Waals surface area contributed by atoms with Crippen LogP contribution in [0.4, 0.5) is 8.78 Å². The molecular weight excluding hydrogens is 248 g/mol. The number of carbonyl (C=O) groups is 1. The Balaban J connectivity index is 2.84. The standard InChI is InChI=1S/C15H21F2NO/c1-14(2,3)9-15(4,5)18-13(19)10-6-11(16)8-12(17)7-10/h6-8H,9H2,1-5H3,(H,18,19). The zero-order valence-corrected chi connectivity index (χ0v) is 12.1. The summed E-state index contributed by atoms with van der Waals surface area (Å²) in [6.45, 7) is 10.0. The molecule has 1 rings (SSSR count). The summed E-state index contributed by atoms with van der Waals surface area (Å²) >= 11 is 0. The molecule has 1 aromatic rings. The highest BCUT2D eigenvalue weighted by Gasteiger charge is 2.27. The summed E-state index contributed by atoms with van der Waals surface area (Å²) in [7, 11) is 0. The van der Waals surface area contributed by atoms with Gasteiger partial charge < -0.3 is 5.32 Å². The molecule has 0 aliphatic carbocycles. The van der Waals surface area contributed by atoms with Gasteiger partial charge in [0.25, 0.3) is 5.91 Å². The molecule has 1 N–H and O–H groups in total. The van der Waals surface area contributed by atoms with Crippen molar-refractivity contribution in [2.45, 2.75) is 46.6 Å². The lowest BCUT2D eigenvalue weighted by Crippen LogP contribution is -2.45. The molecule has 1 aromatic carbocycles. The van der Waals surface area contributed by atoms with Crippen molar-refractivity contribution in [2.24, 2.45) is 5.41 Å². The molecule has 1 amide bonds. The second-order valence-corrected chi connectivity index (χ2v) is 6.73. The minimum absolute atomic E-state index is 0.000478. The van der Waals surface area contributed by atoms with E-state index in [1.54, 1.807) is 0 Å². The maximum atomic E-state index is 13.1. The summed E-state index contributed by atoms with van der Waals surface area (Å²) in [5.41, 5.74) is -0.401. The molecule has 0 heterocycles. The predicted molar refractivity (Wildman–Crippen MR) is 72.0 cm³/mol. The Morgan fingerprint density at radius 3 is 1.95 bits per heavy atom. The number of amides is 1. The number of hydrogen-bond acceptors (Lipinski definition) is 1. The van der Waals surface area contributed by atoms with E-state index >= 15 is 0 Å². The lowest BCUT2D eigenvalue weighted by atomic mass is 9.81. The maximum absolute atomic E-state index is 13.1. The van der Waals surface area contributed by atoms with Gasteiger partial charge in [0.05, 0.1) is 0 Å². The lowest BCUT2D eigenvalue weighted by molar-refractivity contribution is 0.0890. The molecule has 0 aliphatic rings. The van der Waals surface area contributed by atoms with E-state index in [1.807, 2.05) is 13.8 Å². The molecule has 19 heavy (non-hydrogen) atoms. The van der Waals surface area contributed by atoms with E-state index in [1.165, 1.54) is 0 Å². The van der Waals surface area contributed by atoms with Crippen molar-refractivity contribution in [1.82, 2.24) is 5.32 Å². The van der Waals surface area contributed by atoms with Crippen molar-refractivity contribution in [3.05, 3.63) is 35.4 Å². The van der Waals surface area contributed by atoms with Crippen LogP contribution in [0.25, 0.3) is 0 Å². The first-order valence-electron chi connectivity index (χ1n) is 6.27. The van der Waals surface area contributed by atoms with E-state index in [4.69, 9.17) is 0 Å². The fourth-order valence-corrected chi connectivity index (χ4v) is 2.43. The van der Waals surface area contributed by atoms with E-state index in [0.29, 0.717) is 0 Å². The monoisotopic (exact) mass is 269 g/mol. The Labute approximate surface area is 113 Å². The summed E-state index contributed by atoms with van der Waals surface area (Å²) in [6.07, 6.45) is 0.754. The summed E-state index contributed by atoms with van der Waals surface area (Å²) in [5, 5.41) is 2.81. The summed E-state index contributed by atoms with van der Waals surface area (Å²) in [4.78, 5) is 12.0. The second-order valence-electron chi connectivity index (χ2n) is 6.73. The van der Waals surface area contributed by atoms with E-state index in [-0.39, 0.29) is 11.0 Å². The Morgan fingerprint density at radius 1 is 1.05 bits per heavy atom. The van der Waals surface area contributed by atoms with Crippen molar-refractivity contribution < 1.29 is 13.6 Å². The first-order valence-corrected chi connectivity index (χ1v) is 6.27. The molecule has 0 fully saturated rings. The van der Waals surface area contributed by atoms with Crippen molar-refractivity contribution >= 4 is 5.91 Å². The van der Waals surface area contributed by atoms with Crippen molar-refractivity contribution in [3.8, 4) is 0 Å². The number of benzene rings is 1. The van der Waals surface area contributed by atoms with Crippen LogP contribution in [0.1, 0.15) is 51.4 Å². The van der Waals surface area contributed by atoms with Crippen LogP contribution < -0.4 is 5.32 Å². The molecule has 0 bridgehead atoms. The van der Waals surface area contributed by atoms with Crippen LogP contribution in [0, 0.1) is 17.0 Å². The van der Waals surface area contributed by atoms with Gasteiger partial charge in [0.1, 0.15) is 11.6 Å². The largest absolute Gasteiger partial charge is 0.347 e. The van der Waals surface area contributed by atoms with Gasteiger partial charge in [-0.05, 0) is 37.8 Å². The third kappa shape index (κ3) is 5.37. The topological polar surface area (TPSA) is 29.1 Å². The van der Waals surface area contributed by atoms with Gasteiger partial charge in [-0.25, -0.2) is 8.78 Å². The highest BCUT2D eigenvalue weighted by atomic mass is 19.1. The molecule has 106 valence electrons. The van der Waals surface area contributed by atoms with E-state index < -0.39 is 23.1 Å².